The van der Waals surface area contributed by atoms with E-state index in [9.17, 15) is 13.2 Å². The summed E-state index contributed by atoms with van der Waals surface area (Å²) in [6.07, 6.45) is 0.518. The summed E-state index contributed by atoms with van der Waals surface area (Å²) in [5.74, 6) is 0.411. The SMILES string of the molecule is CC1(C(=O)OCCSI)CC(S(=O)(=O)Cl)C1. The number of carbonyl (C=O) groups is 1. The lowest BCUT2D eigenvalue weighted by atomic mass is 9.70. The summed E-state index contributed by atoms with van der Waals surface area (Å²) < 4.78 is 27.0. The molecule has 0 atom stereocenters. The summed E-state index contributed by atoms with van der Waals surface area (Å²) >= 11 is 2.12. The van der Waals surface area contributed by atoms with Crippen LogP contribution in [0, 0.1) is 5.41 Å². The standard InChI is InChI=1S/C8H12ClIO4S2/c1-8(7(11)14-2-3-15-10)4-6(5-8)16(9,12)13/h6H,2-5H2,1H3. The maximum absolute atomic E-state index is 11.6. The van der Waals surface area contributed by atoms with Crippen molar-refractivity contribution in [2.75, 3.05) is 12.4 Å². The molecule has 0 unspecified atom stereocenters. The zero-order chi connectivity index (χ0) is 12.4. The zero-order valence-electron chi connectivity index (χ0n) is 8.61. The molecule has 0 radical (unpaired) electrons. The van der Waals surface area contributed by atoms with Crippen molar-refractivity contribution < 1.29 is 17.9 Å². The van der Waals surface area contributed by atoms with Crippen LogP contribution in [0.5, 0.6) is 0 Å². The van der Waals surface area contributed by atoms with Crippen LogP contribution in [-0.4, -0.2) is 32.0 Å². The Labute approximate surface area is 116 Å². The molecule has 94 valence electrons. The van der Waals surface area contributed by atoms with Crippen molar-refractivity contribution >= 4 is 55.8 Å². The van der Waals surface area contributed by atoms with Crippen LogP contribution < -0.4 is 0 Å². The molecule has 0 aromatic carbocycles. The Kier molecular flexibility index (Phi) is 5.22. The first-order valence-electron chi connectivity index (χ1n) is 4.64. The highest BCUT2D eigenvalue weighted by Gasteiger charge is 2.52. The summed E-state index contributed by atoms with van der Waals surface area (Å²) in [6.45, 7) is 2.07. The fourth-order valence-corrected chi connectivity index (χ4v) is 3.85. The number of esters is 1. The monoisotopic (exact) mass is 398 g/mol. The molecule has 0 bridgehead atoms. The van der Waals surface area contributed by atoms with E-state index >= 15 is 0 Å². The van der Waals surface area contributed by atoms with Gasteiger partial charge in [0.2, 0.25) is 9.05 Å². The molecule has 0 spiro atoms. The van der Waals surface area contributed by atoms with Crippen LogP contribution in [0.25, 0.3) is 0 Å². The minimum Gasteiger partial charge on any atom is -0.464 e. The van der Waals surface area contributed by atoms with Crippen molar-refractivity contribution in [2.24, 2.45) is 5.41 Å². The molecule has 0 aromatic rings. The Morgan fingerprint density at radius 2 is 2.19 bits per heavy atom. The minimum atomic E-state index is -3.54. The number of ether oxygens (including phenoxy) is 1. The van der Waals surface area contributed by atoms with E-state index in [1.54, 1.807) is 15.9 Å². The molecule has 0 aromatic heterocycles. The lowest BCUT2D eigenvalue weighted by Gasteiger charge is -2.40. The van der Waals surface area contributed by atoms with Gasteiger partial charge in [-0.25, -0.2) is 8.42 Å². The van der Waals surface area contributed by atoms with Gasteiger partial charge in [0.25, 0.3) is 0 Å². The second-order valence-corrected chi connectivity index (χ2v) is 9.42. The molecule has 0 amide bonds. The quantitative estimate of drug-likeness (QED) is 0.308. The van der Waals surface area contributed by atoms with E-state index in [0.29, 0.717) is 6.61 Å². The van der Waals surface area contributed by atoms with Gasteiger partial charge in [0.1, 0.15) is 6.61 Å². The van der Waals surface area contributed by atoms with Crippen LogP contribution in [0.3, 0.4) is 0 Å². The molecule has 0 heterocycles. The maximum Gasteiger partial charge on any atom is 0.311 e. The summed E-state index contributed by atoms with van der Waals surface area (Å²) in [6, 6.07) is 0. The third kappa shape index (κ3) is 3.64. The highest BCUT2D eigenvalue weighted by Crippen LogP contribution is 2.46. The normalized spacial score (nSPS) is 29.6. The Bertz CT molecular complexity index is 364. The van der Waals surface area contributed by atoms with Gasteiger partial charge in [0, 0.05) is 16.4 Å². The topological polar surface area (TPSA) is 60.4 Å². The van der Waals surface area contributed by atoms with Crippen molar-refractivity contribution in [1.82, 2.24) is 0 Å². The van der Waals surface area contributed by atoms with Gasteiger partial charge in [-0.2, -0.15) is 0 Å². The van der Waals surface area contributed by atoms with Crippen LogP contribution in [0.1, 0.15) is 19.8 Å². The van der Waals surface area contributed by atoms with Gasteiger partial charge in [0.15, 0.2) is 0 Å². The van der Waals surface area contributed by atoms with E-state index in [1.165, 1.54) is 0 Å². The van der Waals surface area contributed by atoms with Crippen molar-refractivity contribution in [3.05, 3.63) is 0 Å². The average Bonchev–Trinajstić information content (AvgIpc) is 2.11. The first-order valence-corrected chi connectivity index (χ1v) is 10.5. The van der Waals surface area contributed by atoms with Gasteiger partial charge in [-0.3, -0.25) is 4.79 Å². The Morgan fingerprint density at radius 1 is 1.62 bits per heavy atom. The predicted molar refractivity (Wildman–Crippen MR) is 73.3 cm³/mol. The summed E-state index contributed by atoms with van der Waals surface area (Å²) in [5.41, 5.74) is -0.678. The van der Waals surface area contributed by atoms with E-state index in [1.807, 2.05) is 0 Å². The van der Waals surface area contributed by atoms with Crippen LogP contribution in [0.2, 0.25) is 0 Å². The van der Waals surface area contributed by atoms with Crippen LogP contribution in [0.15, 0.2) is 0 Å². The van der Waals surface area contributed by atoms with E-state index in [2.05, 4.69) is 21.2 Å². The van der Waals surface area contributed by atoms with Crippen LogP contribution >= 0.6 is 40.8 Å². The van der Waals surface area contributed by atoms with Gasteiger partial charge in [0.05, 0.1) is 10.7 Å². The fraction of sp³-hybridized carbons (Fsp3) is 0.875. The Hall–Kier alpha value is 0.790. The van der Waals surface area contributed by atoms with Gasteiger partial charge in [-0.1, -0.05) is 8.93 Å². The minimum absolute atomic E-state index is 0.259. The first-order chi connectivity index (χ1) is 7.29. The number of hydrogen-bond donors (Lipinski definition) is 0. The smallest absolute Gasteiger partial charge is 0.311 e. The van der Waals surface area contributed by atoms with Gasteiger partial charge >= 0.3 is 5.97 Å². The van der Waals surface area contributed by atoms with Crippen molar-refractivity contribution in [2.45, 2.75) is 25.0 Å². The number of rotatable bonds is 5. The second kappa shape index (κ2) is 5.62. The molecular weight excluding hydrogens is 387 g/mol. The molecule has 1 rings (SSSR count). The van der Waals surface area contributed by atoms with Gasteiger partial charge in [-0.15, -0.1) is 0 Å². The van der Waals surface area contributed by atoms with Crippen molar-refractivity contribution in [3.8, 4) is 0 Å². The van der Waals surface area contributed by atoms with E-state index < -0.39 is 19.7 Å². The first kappa shape index (κ1) is 14.8. The van der Waals surface area contributed by atoms with E-state index in [-0.39, 0.29) is 18.8 Å². The highest BCUT2D eigenvalue weighted by atomic mass is 127. The van der Waals surface area contributed by atoms with Crippen LogP contribution in [0.4, 0.5) is 0 Å². The van der Waals surface area contributed by atoms with E-state index in [4.69, 9.17) is 15.4 Å². The number of hydrogen-bond acceptors (Lipinski definition) is 5. The summed E-state index contributed by atoms with van der Waals surface area (Å²) in [4.78, 5) is 11.6. The Balaban J connectivity index is 2.42. The molecule has 0 saturated heterocycles. The maximum atomic E-state index is 11.6. The fourth-order valence-electron chi connectivity index (χ4n) is 1.65. The molecule has 0 aliphatic heterocycles. The molecular formula is C8H12ClIO4S2. The average molecular weight is 399 g/mol. The largest absolute Gasteiger partial charge is 0.464 e. The number of halogens is 2. The third-order valence-electron chi connectivity index (χ3n) is 2.64. The predicted octanol–water partition coefficient (Wildman–Crippen LogP) is 2.35. The highest BCUT2D eigenvalue weighted by molar-refractivity contribution is 14.2. The molecule has 16 heavy (non-hydrogen) atoms. The summed E-state index contributed by atoms with van der Waals surface area (Å²) in [7, 11) is 3.23. The molecule has 1 aliphatic rings. The molecule has 1 saturated carbocycles. The van der Waals surface area contributed by atoms with Gasteiger partial charge < -0.3 is 4.74 Å². The lowest BCUT2D eigenvalue weighted by Crippen LogP contribution is -2.47. The summed E-state index contributed by atoms with van der Waals surface area (Å²) in [5, 5.41) is -0.606. The van der Waals surface area contributed by atoms with Crippen LogP contribution in [-0.2, 0) is 18.6 Å². The molecule has 1 aliphatic carbocycles. The molecule has 8 heteroatoms. The second-order valence-electron chi connectivity index (χ2n) is 4.02. The zero-order valence-corrected chi connectivity index (χ0v) is 13.2. The lowest BCUT2D eigenvalue weighted by molar-refractivity contribution is -0.158. The molecule has 4 nitrogen and oxygen atoms in total. The Morgan fingerprint density at radius 3 is 2.62 bits per heavy atom. The van der Waals surface area contributed by atoms with Crippen molar-refractivity contribution in [3.63, 3.8) is 0 Å². The number of carbonyl (C=O) groups excluding carboxylic acids is 1. The van der Waals surface area contributed by atoms with E-state index in [0.717, 1.165) is 5.75 Å². The third-order valence-corrected chi connectivity index (χ3v) is 6.17. The van der Waals surface area contributed by atoms with Gasteiger partial charge in [-0.05, 0) is 41.0 Å². The van der Waals surface area contributed by atoms with Crippen molar-refractivity contribution in [1.29, 1.82) is 0 Å². The molecule has 1 fully saturated rings. The molecule has 0 N–H and O–H groups in total.